The molecule has 128 valence electrons. The van der Waals surface area contributed by atoms with Gasteiger partial charge in [-0.2, -0.15) is 0 Å². The highest BCUT2D eigenvalue weighted by Crippen LogP contribution is 2.17. The average Bonchev–Trinajstić information content (AvgIpc) is 3.04. The van der Waals surface area contributed by atoms with Crippen LogP contribution >= 0.6 is 0 Å². The number of benzene rings is 1. The number of carbonyl (C=O) groups excluding carboxylic acids is 1. The normalized spacial score (nSPS) is 17.8. The van der Waals surface area contributed by atoms with Gasteiger partial charge in [0.15, 0.2) is 0 Å². The first-order valence-corrected chi connectivity index (χ1v) is 8.45. The number of nitrogens with zero attached hydrogens (tertiary/aromatic N) is 3. The van der Waals surface area contributed by atoms with E-state index in [1.807, 2.05) is 22.6 Å². The molecular formula is C18H23FN4O. The summed E-state index contributed by atoms with van der Waals surface area (Å²) < 4.78 is 14.9. The average molecular weight is 330 g/mol. The Morgan fingerprint density at radius 1 is 1.38 bits per heavy atom. The second kappa shape index (κ2) is 7.47. The van der Waals surface area contributed by atoms with E-state index in [0.717, 1.165) is 37.3 Å². The Kier molecular flexibility index (Phi) is 5.13. The lowest BCUT2D eigenvalue weighted by atomic mass is 10.1. The van der Waals surface area contributed by atoms with Crippen molar-refractivity contribution >= 4 is 11.6 Å². The first-order valence-electron chi connectivity index (χ1n) is 8.45. The maximum absolute atomic E-state index is 13.0. The summed E-state index contributed by atoms with van der Waals surface area (Å²) in [6.45, 7) is 3.84. The highest BCUT2D eigenvalue weighted by atomic mass is 19.1. The van der Waals surface area contributed by atoms with Crippen LogP contribution in [0, 0.1) is 5.82 Å². The molecule has 2 heterocycles. The summed E-state index contributed by atoms with van der Waals surface area (Å²) in [5.41, 5.74) is 0.888. The number of halogens is 1. The number of rotatable bonds is 5. The van der Waals surface area contributed by atoms with Gasteiger partial charge in [0.1, 0.15) is 18.2 Å². The second-order valence-electron chi connectivity index (χ2n) is 6.16. The second-order valence-corrected chi connectivity index (χ2v) is 6.16. The minimum atomic E-state index is -0.243. The van der Waals surface area contributed by atoms with Crippen LogP contribution in [-0.2, 0) is 17.8 Å². The number of amides is 1. The maximum Gasteiger partial charge on any atom is 0.242 e. The lowest BCUT2D eigenvalue weighted by Gasteiger charge is -2.34. The Morgan fingerprint density at radius 2 is 2.17 bits per heavy atom. The molecule has 0 bridgehead atoms. The van der Waals surface area contributed by atoms with Gasteiger partial charge in [-0.3, -0.25) is 4.79 Å². The predicted octanol–water partition coefficient (Wildman–Crippen LogP) is 2.69. The van der Waals surface area contributed by atoms with Crippen molar-refractivity contribution in [3.05, 3.63) is 48.3 Å². The molecular weight excluding hydrogens is 307 g/mol. The van der Waals surface area contributed by atoms with E-state index < -0.39 is 0 Å². The number of hydrogen-bond donors (Lipinski definition) is 1. The van der Waals surface area contributed by atoms with Crippen LogP contribution in [0.15, 0.2) is 36.7 Å². The Labute approximate surface area is 141 Å². The molecule has 1 amide bonds. The molecule has 1 N–H and O–H groups in total. The number of imidazole rings is 1. The van der Waals surface area contributed by atoms with Crippen molar-refractivity contribution in [2.45, 2.75) is 38.8 Å². The molecule has 1 aliphatic heterocycles. The fraction of sp³-hybridized carbons (Fsp3) is 0.444. The largest absolute Gasteiger partial charge is 0.381 e. The highest BCUT2D eigenvalue weighted by Gasteiger charge is 2.24. The molecule has 1 aromatic carbocycles. The first kappa shape index (κ1) is 16.5. The fourth-order valence-corrected chi connectivity index (χ4v) is 3.15. The van der Waals surface area contributed by atoms with E-state index in [4.69, 9.17) is 0 Å². The number of aryl methyl sites for hydroxylation is 1. The summed E-state index contributed by atoms with van der Waals surface area (Å²) in [4.78, 5) is 18.7. The summed E-state index contributed by atoms with van der Waals surface area (Å²) in [5, 5.41) is 3.39. The number of hydrogen-bond acceptors (Lipinski definition) is 3. The highest BCUT2D eigenvalue weighted by molar-refractivity contribution is 5.76. The molecule has 24 heavy (non-hydrogen) atoms. The monoisotopic (exact) mass is 330 g/mol. The number of carbonyl (C=O) groups is 1. The predicted molar refractivity (Wildman–Crippen MR) is 91.2 cm³/mol. The van der Waals surface area contributed by atoms with Crippen molar-refractivity contribution in [2.75, 3.05) is 18.4 Å². The van der Waals surface area contributed by atoms with Gasteiger partial charge in [-0.15, -0.1) is 0 Å². The van der Waals surface area contributed by atoms with Crippen molar-refractivity contribution < 1.29 is 9.18 Å². The lowest BCUT2D eigenvalue weighted by Crippen LogP contribution is -2.46. The molecule has 0 unspecified atom stereocenters. The van der Waals surface area contributed by atoms with Crippen LogP contribution in [0.4, 0.5) is 10.1 Å². The molecule has 0 saturated carbocycles. The molecule has 3 rings (SSSR count). The van der Waals surface area contributed by atoms with Crippen molar-refractivity contribution in [3.8, 4) is 0 Å². The molecule has 1 aromatic heterocycles. The molecule has 6 heteroatoms. The zero-order valence-electron chi connectivity index (χ0n) is 13.9. The van der Waals surface area contributed by atoms with E-state index in [1.165, 1.54) is 12.1 Å². The Balaban J connectivity index is 1.58. The van der Waals surface area contributed by atoms with E-state index in [9.17, 15) is 9.18 Å². The van der Waals surface area contributed by atoms with Gasteiger partial charge in [0.25, 0.3) is 0 Å². The lowest BCUT2D eigenvalue weighted by molar-refractivity contribution is -0.132. The summed E-state index contributed by atoms with van der Waals surface area (Å²) in [6, 6.07) is 6.55. The fourth-order valence-electron chi connectivity index (χ4n) is 3.15. The van der Waals surface area contributed by atoms with Gasteiger partial charge in [-0.05, 0) is 37.1 Å². The third-order valence-corrected chi connectivity index (χ3v) is 4.41. The van der Waals surface area contributed by atoms with Gasteiger partial charge in [0.05, 0.1) is 0 Å². The number of nitrogens with one attached hydrogen (secondary N) is 1. The Morgan fingerprint density at radius 3 is 2.92 bits per heavy atom. The molecule has 1 atom stereocenters. The smallest absolute Gasteiger partial charge is 0.242 e. The molecule has 1 saturated heterocycles. The first-order chi connectivity index (χ1) is 11.7. The summed E-state index contributed by atoms with van der Waals surface area (Å²) in [7, 11) is 0. The molecule has 0 aliphatic carbocycles. The zero-order chi connectivity index (χ0) is 16.9. The van der Waals surface area contributed by atoms with E-state index in [-0.39, 0.29) is 17.8 Å². The maximum atomic E-state index is 13.0. The van der Waals surface area contributed by atoms with Crippen molar-refractivity contribution in [1.82, 2.24) is 14.5 Å². The standard InChI is InChI=1S/C18H23FN4O/c1-2-17-20-9-11-22(17)13-18(24)23-10-3-4-16(12-23)21-15-7-5-14(19)6-8-15/h5-9,11,16,21H,2-4,10,12-13H2,1H3/t16-/m0/s1. The van der Waals surface area contributed by atoms with Crippen LogP contribution in [0.1, 0.15) is 25.6 Å². The van der Waals surface area contributed by atoms with Crippen LogP contribution in [-0.4, -0.2) is 39.5 Å². The van der Waals surface area contributed by atoms with E-state index >= 15 is 0 Å². The van der Waals surface area contributed by atoms with Gasteiger partial charge in [0, 0.05) is 43.6 Å². The summed E-state index contributed by atoms with van der Waals surface area (Å²) in [5.74, 6) is 0.808. The summed E-state index contributed by atoms with van der Waals surface area (Å²) >= 11 is 0. The van der Waals surface area contributed by atoms with Gasteiger partial charge in [0.2, 0.25) is 5.91 Å². The van der Waals surface area contributed by atoms with Gasteiger partial charge in [-0.25, -0.2) is 9.37 Å². The number of anilines is 1. The van der Waals surface area contributed by atoms with Crippen molar-refractivity contribution in [2.24, 2.45) is 0 Å². The minimum Gasteiger partial charge on any atom is -0.381 e. The van der Waals surface area contributed by atoms with Crippen LogP contribution in [0.5, 0.6) is 0 Å². The van der Waals surface area contributed by atoms with Crippen molar-refractivity contribution in [1.29, 1.82) is 0 Å². The third-order valence-electron chi connectivity index (χ3n) is 4.41. The zero-order valence-corrected chi connectivity index (χ0v) is 13.9. The molecule has 1 fully saturated rings. The number of aromatic nitrogens is 2. The molecule has 1 aliphatic rings. The number of piperidine rings is 1. The SMILES string of the molecule is CCc1nccn1CC(=O)N1CCC[C@H](Nc2ccc(F)cc2)C1. The van der Waals surface area contributed by atoms with Crippen LogP contribution in [0.25, 0.3) is 0 Å². The van der Waals surface area contributed by atoms with E-state index in [0.29, 0.717) is 13.1 Å². The Bertz CT molecular complexity index is 683. The van der Waals surface area contributed by atoms with E-state index in [1.54, 1.807) is 18.3 Å². The molecule has 0 spiro atoms. The van der Waals surface area contributed by atoms with Gasteiger partial charge >= 0.3 is 0 Å². The third kappa shape index (κ3) is 3.93. The van der Waals surface area contributed by atoms with E-state index in [2.05, 4.69) is 10.3 Å². The number of likely N-dealkylation sites (tertiary alicyclic amines) is 1. The van der Waals surface area contributed by atoms with Crippen LogP contribution < -0.4 is 5.32 Å². The van der Waals surface area contributed by atoms with Crippen molar-refractivity contribution in [3.63, 3.8) is 0 Å². The van der Waals surface area contributed by atoms with Gasteiger partial charge < -0.3 is 14.8 Å². The molecule has 2 aromatic rings. The summed E-state index contributed by atoms with van der Waals surface area (Å²) in [6.07, 6.45) is 6.38. The van der Waals surface area contributed by atoms with Crippen LogP contribution in [0.2, 0.25) is 0 Å². The Hall–Kier alpha value is -2.37. The van der Waals surface area contributed by atoms with Crippen LogP contribution in [0.3, 0.4) is 0 Å². The van der Waals surface area contributed by atoms with Gasteiger partial charge in [-0.1, -0.05) is 6.92 Å². The molecule has 5 nitrogen and oxygen atoms in total. The minimum absolute atomic E-state index is 0.119. The quantitative estimate of drug-likeness (QED) is 0.917. The topological polar surface area (TPSA) is 50.2 Å². The molecule has 0 radical (unpaired) electrons.